The van der Waals surface area contributed by atoms with Crippen molar-refractivity contribution in [2.75, 3.05) is 48.8 Å². The Morgan fingerprint density at radius 2 is 1.48 bits per heavy atom. The van der Waals surface area contributed by atoms with E-state index in [0.29, 0.717) is 39.3 Å². The minimum Gasteiger partial charge on any atom is -0.489 e. The zero-order chi connectivity index (χ0) is 31.3. The molecule has 0 radical (unpaired) electrons. The summed E-state index contributed by atoms with van der Waals surface area (Å²) in [5.74, 6) is 1.85. The second-order valence-electron chi connectivity index (χ2n) is 11.6. The standard InChI is InChI=1S/C37H37N5O3S/c1-46-36-38-33-24-42(34-23-30(22-29-14-8-9-15-31(29)34)44-25-27-10-4-2-5-11-27)17-16-32(33)35(39-36)40-18-20-41(21-19-40)37(43)45-26-28-12-6-3-7-13-28/h2-15,22-23H,16-21,24-26H2,1H3. The van der Waals surface area contributed by atoms with E-state index in [2.05, 4.69) is 58.3 Å². The van der Waals surface area contributed by atoms with Crippen LogP contribution in [0, 0.1) is 0 Å². The SMILES string of the molecule is CSc1nc2c(c(N3CCN(C(=O)OCc4ccccc4)CC3)n1)CCN(c1cc(OCc3ccccc3)cc3ccccc13)C2. The number of benzene rings is 4. The van der Waals surface area contributed by atoms with Gasteiger partial charge < -0.3 is 24.2 Å². The summed E-state index contributed by atoms with van der Waals surface area (Å²) in [4.78, 5) is 29.3. The van der Waals surface area contributed by atoms with Gasteiger partial charge in [-0.15, -0.1) is 0 Å². The molecule has 5 aromatic rings. The van der Waals surface area contributed by atoms with Gasteiger partial charge in [0, 0.05) is 55.4 Å². The van der Waals surface area contributed by atoms with E-state index in [1.165, 1.54) is 10.9 Å². The molecule has 4 aromatic carbocycles. The maximum atomic E-state index is 12.8. The van der Waals surface area contributed by atoms with Crippen LogP contribution in [0.15, 0.2) is 102 Å². The molecule has 8 nitrogen and oxygen atoms in total. The van der Waals surface area contributed by atoms with E-state index in [0.717, 1.165) is 57.6 Å². The molecule has 0 bridgehead atoms. The van der Waals surface area contributed by atoms with E-state index >= 15 is 0 Å². The molecule has 0 N–H and O–H groups in total. The summed E-state index contributed by atoms with van der Waals surface area (Å²) in [6, 6.07) is 32.9. The van der Waals surface area contributed by atoms with Gasteiger partial charge in [-0.05, 0) is 35.3 Å². The summed E-state index contributed by atoms with van der Waals surface area (Å²) >= 11 is 1.56. The number of amides is 1. The van der Waals surface area contributed by atoms with Crippen LogP contribution in [0.1, 0.15) is 22.4 Å². The van der Waals surface area contributed by atoms with Gasteiger partial charge in [-0.1, -0.05) is 96.7 Å². The molecule has 0 atom stereocenters. The number of ether oxygens (including phenoxy) is 2. The number of carbonyl (C=O) groups excluding carboxylic acids is 1. The first kappa shape index (κ1) is 29.9. The first-order valence-corrected chi connectivity index (χ1v) is 17.0. The highest BCUT2D eigenvalue weighted by molar-refractivity contribution is 7.98. The molecule has 0 saturated carbocycles. The van der Waals surface area contributed by atoms with Crippen LogP contribution in [0.3, 0.4) is 0 Å². The monoisotopic (exact) mass is 631 g/mol. The Balaban J connectivity index is 1.08. The van der Waals surface area contributed by atoms with E-state index in [1.807, 2.05) is 54.8 Å². The van der Waals surface area contributed by atoms with Crippen molar-refractivity contribution >= 4 is 40.1 Å². The molecule has 0 spiro atoms. The number of anilines is 2. The summed E-state index contributed by atoms with van der Waals surface area (Å²) in [6.07, 6.45) is 2.59. The van der Waals surface area contributed by atoms with Gasteiger partial charge in [0.1, 0.15) is 24.8 Å². The summed E-state index contributed by atoms with van der Waals surface area (Å²) in [6.45, 7) is 4.93. The first-order valence-electron chi connectivity index (χ1n) is 15.7. The number of aromatic nitrogens is 2. The quantitative estimate of drug-likeness (QED) is 0.135. The second kappa shape index (κ2) is 13.7. The summed E-state index contributed by atoms with van der Waals surface area (Å²) in [7, 11) is 0. The van der Waals surface area contributed by atoms with Crippen molar-refractivity contribution in [2.45, 2.75) is 31.3 Å². The molecule has 1 fully saturated rings. The van der Waals surface area contributed by atoms with E-state index in [1.54, 1.807) is 16.7 Å². The minimum atomic E-state index is -0.268. The maximum Gasteiger partial charge on any atom is 0.410 e. The van der Waals surface area contributed by atoms with Gasteiger partial charge in [0.25, 0.3) is 0 Å². The van der Waals surface area contributed by atoms with Crippen LogP contribution in [0.4, 0.5) is 16.3 Å². The minimum absolute atomic E-state index is 0.268. The van der Waals surface area contributed by atoms with Gasteiger partial charge in [0.15, 0.2) is 5.16 Å². The van der Waals surface area contributed by atoms with Crippen LogP contribution in [-0.2, 0) is 30.9 Å². The van der Waals surface area contributed by atoms with Gasteiger partial charge >= 0.3 is 6.09 Å². The molecular weight excluding hydrogens is 595 g/mol. The highest BCUT2D eigenvalue weighted by Crippen LogP contribution is 2.37. The number of thioether (sulfide) groups is 1. The van der Waals surface area contributed by atoms with Crippen LogP contribution < -0.4 is 14.5 Å². The molecule has 3 heterocycles. The van der Waals surface area contributed by atoms with Crippen molar-refractivity contribution in [2.24, 2.45) is 0 Å². The Morgan fingerprint density at radius 3 is 2.22 bits per heavy atom. The molecular formula is C37H37N5O3S. The van der Waals surface area contributed by atoms with E-state index in [-0.39, 0.29) is 12.7 Å². The highest BCUT2D eigenvalue weighted by atomic mass is 32.2. The van der Waals surface area contributed by atoms with Crippen molar-refractivity contribution in [1.82, 2.24) is 14.9 Å². The number of fused-ring (bicyclic) bond motifs is 2. The average molecular weight is 632 g/mol. The van der Waals surface area contributed by atoms with Gasteiger partial charge in [-0.25, -0.2) is 14.8 Å². The third-order valence-corrected chi connectivity index (χ3v) is 9.20. The summed E-state index contributed by atoms with van der Waals surface area (Å²) in [5, 5.41) is 3.12. The molecule has 46 heavy (non-hydrogen) atoms. The Bertz CT molecular complexity index is 1810. The van der Waals surface area contributed by atoms with Crippen LogP contribution in [-0.4, -0.2) is 59.9 Å². The Hall–Kier alpha value is -4.76. The highest BCUT2D eigenvalue weighted by Gasteiger charge is 2.29. The normalized spacial score (nSPS) is 14.7. The Morgan fingerprint density at radius 1 is 0.783 bits per heavy atom. The van der Waals surface area contributed by atoms with Crippen LogP contribution >= 0.6 is 11.8 Å². The Kier molecular flexibility index (Phi) is 8.91. The molecule has 0 aliphatic carbocycles. The predicted molar refractivity (Wildman–Crippen MR) is 184 cm³/mol. The second-order valence-corrected chi connectivity index (χ2v) is 12.4. The van der Waals surface area contributed by atoms with Gasteiger partial charge in [-0.2, -0.15) is 0 Å². The number of nitrogens with zero attached hydrogens (tertiary/aromatic N) is 5. The van der Waals surface area contributed by atoms with Crippen molar-refractivity contribution in [3.63, 3.8) is 0 Å². The lowest BCUT2D eigenvalue weighted by atomic mass is 10.0. The number of carbonyl (C=O) groups is 1. The lowest BCUT2D eigenvalue weighted by Crippen LogP contribution is -2.49. The number of rotatable bonds is 8. The molecule has 2 aliphatic rings. The van der Waals surface area contributed by atoms with Gasteiger partial charge in [0.05, 0.1) is 12.2 Å². The lowest BCUT2D eigenvalue weighted by Gasteiger charge is -2.38. The van der Waals surface area contributed by atoms with Crippen molar-refractivity contribution in [3.8, 4) is 5.75 Å². The third kappa shape index (κ3) is 6.60. The van der Waals surface area contributed by atoms with Crippen LogP contribution in [0.25, 0.3) is 10.8 Å². The van der Waals surface area contributed by atoms with Crippen molar-refractivity contribution in [3.05, 3.63) is 119 Å². The third-order valence-electron chi connectivity index (χ3n) is 8.65. The van der Waals surface area contributed by atoms with E-state index < -0.39 is 0 Å². The number of hydrogen-bond donors (Lipinski definition) is 0. The molecule has 1 aromatic heterocycles. The Labute approximate surface area is 274 Å². The lowest BCUT2D eigenvalue weighted by molar-refractivity contribution is 0.0941. The number of hydrogen-bond acceptors (Lipinski definition) is 8. The molecule has 9 heteroatoms. The van der Waals surface area contributed by atoms with Gasteiger partial charge in [0.2, 0.25) is 0 Å². The van der Waals surface area contributed by atoms with E-state index in [4.69, 9.17) is 19.4 Å². The fourth-order valence-corrected chi connectivity index (χ4v) is 6.59. The van der Waals surface area contributed by atoms with Crippen molar-refractivity contribution in [1.29, 1.82) is 0 Å². The molecule has 7 rings (SSSR count). The zero-order valence-corrected chi connectivity index (χ0v) is 26.8. The van der Waals surface area contributed by atoms with Crippen LogP contribution in [0.5, 0.6) is 5.75 Å². The predicted octanol–water partition coefficient (Wildman–Crippen LogP) is 6.95. The fourth-order valence-electron chi connectivity index (χ4n) is 6.21. The summed E-state index contributed by atoms with van der Waals surface area (Å²) in [5.41, 5.74) is 5.54. The maximum absolute atomic E-state index is 12.8. The molecule has 234 valence electrons. The molecule has 1 amide bonds. The van der Waals surface area contributed by atoms with Crippen LogP contribution in [0.2, 0.25) is 0 Å². The fraction of sp³-hybridized carbons (Fsp3) is 0.270. The van der Waals surface area contributed by atoms with Crippen molar-refractivity contribution < 1.29 is 14.3 Å². The summed E-state index contributed by atoms with van der Waals surface area (Å²) < 4.78 is 11.9. The largest absolute Gasteiger partial charge is 0.489 e. The topological polar surface area (TPSA) is 71.0 Å². The zero-order valence-electron chi connectivity index (χ0n) is 26.0. The first-order chi connectivity index (χ1) is 22.6. The number of piperazine rings is 1. The molecule has 2 aliphatic heterocycles. The molecule has 0 unspecified atom stereocenters. The molecule has 1 saturated heterocycles. The average Bonchev–Trinajstić information content (AvgIpc) is 3.12. The smallest absolute Gasteiger partial charge is 0.410 e. The van der Waals surface area contributed by atoms with Gasteiger partial charge in [-0.3, -0.25) is 0 Å². The van der Waals surface area contributed by atoms with E-state index in [9.17, 15) is 4.79 Å².